The van der Waals surface area contributed by atoms with E-state index in [1.807, 2.05) is 34.1 Å². The molecule has 0 unspecified atom stereocenters. The molecule has 0 aliphatic carbocycles. The first kappa shape index (κ1) is 19.2. The minimum absolute atomic E-state index is 0.00165. The summed E-state index contributed by atoms with van der Waals surface area (Å²) < 4.78 is 5.26. The van der Waals surface area contributed by atoms with E-state index in [2.05, 4.69) is 9.97 Å². The standard InChI is InChI=1S/C21H25N5O3/c1-24(2)21(28)17-10-15-12-25(18-11-22-8-9-23-18)13-19(27)26(15)20(17)14-4-6-16(29-3)7-5-14/h4-9,11,15,17,20H,10,12-13H2,1-3H3/t15-,17-,20-/m1/s1. The van der Waals surface area contributed by atoms with Crippen LogP contribution in [0.5, 0.6) is 5.75 Å². The number of methoxy groups -OCH3 is 1. The van der Waals surface area contributed by atoms with E-state index in [9.17, 15) is 9.59 Å². The predicted molar refractivity (Wildman–Crippen MR) is 107 cm³/mol. The number of fused-ring (bicyclic) bond motifs is 1. The summed E-state index contributed by atoms with van der Waals surface area (Å²) in [5.74, 6) is 1.19. The lowest BCUT2D eigenvalue weighted by Crippen LogP contribution is -2.54. The molecule has 0 saturated carbocycles. The Bertz CT molecular complexity index is 887. The van der Waals surface area contributed by atoms with Crippen molar-refractivity contribution in [2.75, 3.05) is 39.2 Å². The van der Waals surface area contributed by atoms with Crippen molar-refractivity contribution in [1.29, 1.82) is 0 Å². The lowest BCUT2D eigenvalue weighted by molar-refractivity contribution is -0.137. The molecule has 0 radical (unpaired) electrons. The van der Waals surface area contributed by atoms with Crippen LogP contribution in [-0.2, 0) is 9.59 Å². The van der Waals surface area contributed by atoms with E-state index in [4.69, 9.17) is 4.74 Å². The van der Waals surface area contributed by atoms with Crippen molar-refractivity contribution in [2.45, 2.75) is 18.5 Å². The highest BCUT2D eigenvalue weighted by atomic mass is 16.5. The Labute approximate surface area is 170 Å². The van der Waals surface area contributed by atoms with E-state index >= 15 is 0 Å². The van der Waals surface area contributed by atoms with Crippen molar-refractivity contribution in [3.05, 3.63) is 48.4 Å². The van der Waals surface area contributed by atoms with Crippen LogP contribution >= 0.6 is 0 Å². The van der Waals surface area contributed by atoms with Gasteiger partial charge in [-0.3, -0.25) is 14.6 Å². The Balaban J connectivity index is 1.67. The van der Waals surface area contributed by atoms with Gasteiger partial charge in [0.1, 0.15) is 11.6 Å². The van der Waals surface area contributed by atoms with Crippen molar-refractivity contribution in [3.8, 4) is 5.75 Å². The van der Waals surface area contributed by atoms with Gasteiger partial charge in [0.25, 0.3) is 0 Å². The van der Waals surface area contributed by atoms with E-state index < -0.39 is 0 Å². The molecule has 8 nitrogen and oxygen atoms in total. The second-order valence-corrected chi connectivity index (χ2v) is 7.69. The highest BCUT2D eigenvalue weighted by Crippen LogP contribution is 2.44. The number of hydrogen-bond acceptors (Lipinski definition) is 6. The van der Waals surface area contributed by atoms with Crippen LogP contribution < -0.4 is 9.64 Å². The molecule has 2 aliphatic heterocycles. The summed E-state index contributed by atoms with van der Waals surface area (Å²) >= 11 is 0. The van der Waals surface area contributed by atoms with E-state index in [0.29, 0.717) is 18.8 Å². The van der Waals surface area contributed by atoms with Crippen LogP contribution in [-0.4, -0.2) is 71.9 Å². The van der Waals surface area contributed by atoms with E-state index in [-0.39, 0.29) is 36.4 Å². The number of piperazine rings is 1. The van der Waals surface area contributed by atoms with Crippen LogP contribution in [0.2, 0.25) is 0 Å². The van der Waals surface area contributed by atoms with Gasteiger partial charge in [0.2, 0.25) is 11.8 Å². The van der Waals surface area contributed by atoms with Crippen LogP contribution in [0.25, 0.3) is 0 Å². The van der Waals surface area contributed by atoms with Gasteiger partial charge in [-0.1, -0.05) is 12.1 Å². The summed E-state index contributed by atoms with van der Waals surface area (Å²) in [6.45, 7) is 0.860. The average molecular weight is 395 g/mol. The van der Waals surface area contributed by atoms with Gasteiger partial charge in [0.15, 0.2) is 0 Å². The van der Waals surface area contributed by atoms with Gasteiger partial charge in [-0.15, -0.1) is 0 Å². The molecule has 3 heterocycles. The minimum Gasteiger partial charge on any atom is -0.497 e. The molecule has 29 heavy (non-hydrogen) atoms. The first-order valence-electron chi connectivity index (χ1n) is 9.67. The molecular formula is C21H25N5O3. The van der Waals surface area contributed by atoms with Crippen LogP contribution in [0.15, 0.2) is 42.9 Å². The summed E-state index contributed by atoms with van der Waals surface area (Å²) in [4.78, 5) is 40.1. The largest absolute Gasteiger partial charge is 0.497 e. The molecule has 8 heteroatoms. The highest BCUT2D eigenvalue weighted by molar-refractivity contribution is 5.87. The summed E-state index contributed by atoms with van der Waals surface area (Å²) in [5.41, 5.74) is 0.954. The van der Waals surface area contributed by atoms with Crippen molar-refractivity contribution in [3.63, 3.8) is 0 Å². The topological polar surface area (TPSA) is 78.9 Å². The van der Waals surface area contributed by atoms with Crippen LogP contribution in [0, 0.1) is 5.92 Å². The fourth-order valence-corrected chi connectivity index (χ4v) is 4.43. The fourth-order valence-electron chi connectivity index (χ4n) is 4.43. The number of hydrogen-bond donors (Lipinski definition) is 0. The zero-order valence-corrected chi connectivity index (χ0v) is 16.9. The van der Waals surface area contributed by atoms with Gasteiger partial charge < -0.3 is 19.4 Å². The molecular weight excluding hydrogens is 370 g/mol. The van der Waals surface area contributed by atoms with Crippen molar-refractivity contribution in [1.82, 2.24) is 19.8 Å². The van der Waals surface area contributed by atoms with Crippen molar-refractivity contribution >= 4 is 17.6 Å². The van der Waals surface area contributed by atoms with Gasteiger partial charge in [0.05, 0.1) is 37.9 Å². The van der Waals surface area contributed by atoms with E-state index in [1.165, 1.54) is 0 Å². The molecule has 2 saturated heterocycles. The summed E-state index contributed by atoms with van der Waals surface area (Å²) in [6.07, 6.45) is 5.53. The van der Waals surface area contributed by atoms with Gasteiger partial charge in [-0.2, -0.15) is 0 Å². The number of carbonyl (C=O) groups is 2. The summed E-state index contributed by atoms with van der Waals surface area (Å²) in [5, 5.41) is 0. The fraction of sp³-hybridized carbons (Fsp3) is 0.429. The number of amides is 2. The first-order valence-corrected chi connectivity index (χ1v) is 9.67. The maximum Gasteiger partial charge on any atom is 0.242 e. The quantitative estimate of drug-likeness (QED) is 0.778. The number of benzene rings is 1. The molecule has 1 aromatic carbocycles. The lowest BCUT2D eigenvalue weighted by Gasteiger charge is -2.40. The van der Waals surface area contributed by atoms with Gasteiger partial charge in [-0.05, 0) is 24.1 Å². The Kier molecular flexibility index (Phi) is 5.08. The Hall–Kier alpha value is -3.16. The maximum atomic E-state index is 13.2. The van der Waals surface area contributed by atoms with Gasteiger partial charge in [-0.25, -0.2) is 4.98 Å². The zero-order valence-electron chi connectivity index (χ0n) is 16.9. The maximum absolute atomic E-state index is 13.2. The molecule has 0 spiro atoms. The third-order valence-electron chi connectivity index (χ3n) is 5.73. The monoisotopic (exact) mass is 395 g/mol. The molecule has 1 aromatic heterocycles. The van der Waals surface area contributed by atoms with Crippen molar-refractivity contribution in [2.24, 2.45) is 5.92 Å². The molecule has 2 aromatic rings. The van der Waals surface area contributed by atoms with Crippen LogP contribution in [0.1, 0.15) is 18.0 Å². The van der Waals surface area contributed by atoms with Crippen LogP contribution in [0.4, 0.5) is 5.82 Å². The van der Waals surface area contributed by atoms with Gasteiger partial charge >= 0.3 is 0 Å². The average Bonchev–Trinajstić information content (AvgIpc) is 3.13. The third kappa shape index (κ3) is 3.50. The molecule has 152 valence electrons. The molecule has 4 rings (SSSR count). The number of ether oxygens (including phenoxy) is 1. The second-order valence-electron chi connectivity index (χ2n) is 7.69. The molecule has 0 bridgehead atoms. The molecule has 2 aliphatic rings. The summed E-state index contributed by atoms with van der Waals surface area (Å²) in [7, 11) is 5.14. The van der Waals surface area contributed by atoms with Crippen molar-refractivity contribution < 1.29 is 14.3 Å². The SMILES string of the molecule is COc1ccc([C@@H]2[C@H](C(=O)N(C)C)C[C@@H]3CN(c4cnccn4)CC(=O)N32)cc1. The van der Waals surface area contributed by atoms with Crippen LogP contribution in [0.3, 0.4) is 0 Å². The third-order valence-corrected chi connectivity index (χ3v) is 5.73. The lowest BCUT2D eigenvalue weighted by atomic mass is 9.92. The Morgan fingerprint density at radius 2 is 1.97 bits per heavy atom. The number of carbonyl (C=O) groups excluding carboxylic acids is 2. The second kappa shape index (κ2) is 7.69. The molecule has 2 amide bonds. The number of aromatic nitrogens is 2. The minimum atomic E-state index is -0.283. The van der Waals surface area contributed by atoms with E-state index in [0.717, 1.165) is 11.3 Å². The Morgan fingerprint density at radius 1 is 1.21 bits per heavy atom. The molecule has 3 atom stereocenters. The highest BCUT2D eigenvalue weighted by Gasteiger charge is 2.50. The normalized spacial score (nSPS) is 23.7. The smallest absolute Gasteiger partial charge is 0.242 e. The number of anilines is 1. The predicted octanol–water partition coefficient (Wildman–Crippen LogP) is 1.35. The number of nitrogens with zero attached hydrogens (tertiary/aromatic N) is 5. The van der Waals surface area contributed by atoms with E-state index in [1.54, 1.807) is 44.7 Å². The van der Waals surface area contributed by atoms with Gasteiger partial charge in [0, 0.05) is 33.0 Å². The summed E-state index contributed by atoms with van der Waals surface area (Å²) in [6, 6.07) is 7.31. The zero-order chi connectivity index (χ0) is 20.5. The molecule has 2 fully saturated rings. The number of rotatable bonds is 4. The molecule has 0 N–H and O–H groups in total. The Morgan fingerprint density at radius 3 is 2.59 bits per heavy atom. The first-order chi connectivity index (χ1) is 14.0.